The smallest absolute Gasteiger partial charge is 0.225 e. The molecule has 0 aliphatic rings. The van der Waals surface area contributed by atoms with Crippen molar-refractivity contribution in [3.05, 3.63) is 71.8 Å². The topological polar surface area (TPSA) is 70.1 Å². The Bertz CT molecular complexity index is 836. The molecule has 3 N–H and O–H groups in total. The van der Waals surface area contributed by atoms with Gasteiger partial charge in [-0.25, -0.2) is 4.98 Å². The minimum Gasteiger partial charge on any atom is -0.396 e. The molecular weight excluding hydrogens is 324 g/mol. The van der Waals surface area contributed by atoms with Gasteiger partial charge >= 0.3 is 0 Å². The van der Waals surface area contributed by atoms with E-state index in [4.69, 9.17) is 5.11 Å². The molecule has 0 saturated carbocycles. The van der Waals surface area contributed by atoms with Gasteiger partial charge in [-0.1, -0.05) is 60.2 Å². The summed E-state index contributed by atoms with van der Waals surface area (Å²) < 4.78 is 0. The summed E-state index contributed by atoms with van der Waals surface area (Å²) in [5, 5.41) is 15.5. The van der Waals surface area contributed by atoms with Gasteiger partial charge in [0.05, 0.1) is 5.69 Å². The van der Waals surface area contributed by atoms with E-state index in [0.717, 1.165) is 17.1 Å². The van der Waals surface area contributed by atoms with Crippen LogP contribution in [-0.2, 0) is 6.54 Å². The molecule has 0 bridgehead atoms. The van der Waals surface area contributed by atoms with Crippen molar-refractivity contribution in [1.29, 1.82) is 0 Å². The third-order valence-electron chi connectivity index (χ3n) is 3.97. The largest absolute Gasteiger partial charge is 0.396 e. The molecule has 0 atom stereocenters. The Morgan fingerprint density at radius 1 is 0.923 bits per heavy atom. The molecule has 0 fully saturated rings. The van der Waals surface area contributed by atoms with E-state index in [1.54, 1.807) is 0 Å². The minimum absolute atomic E-state index is 0.143. The molecule has 3 rings (SSSR count). The molecule has 0 unspecified atom stereocenters. The van der Waals surface area contributed by atoms with Crippen molar-refractivity contribution in [2.24, 2.45) is 0 Å². The molecule has 0 aliphatic carbocycles. The third-order valence-corrected chi connectivity index (χ3v) is 3.97. The fourth-order valence-corrected chi connectivity index (χ4v) is 2.67. The second-order valence-electron chi connectivity index (χ2n) is 6.17. The van der Waals surface area contributed by atoms with Crippen LogP contribution in [0.3, 0.4) is 0 Å². The highest BCUT2D eigenvalue weighted by Crippen LogP contribution is 2.21. The monoisotopic (exact) mass is 348 g/mol. The van der Waals surface area contributed by atoms with Crippen LogP contribution in [0.15, 0.2) is 60.7 Å². The highest BCUT2D eigenvalue weighted by Gasteiger charge is 2.07. The number of aliphatic hydroxyl groups is 1. The number of aryl methyl sites for hydroxylation is 1. The van der Waals surface area contributed by atoms with Crippen molar-refractivity contribution in [2.45, 2.75) is 19.9 Å². The van der Waals surface area contributed by atoms with Gasteiger partial charge in [-0.05, 0) is 18.9 Å². The van der Waals surface area contributed by atoms with E-state index >= 15 is 0 Å². The predicted molar refractivity (Wildman–Crippen MR) is 106 cm³/mol. The minimum atomic E-state index is 0.143. The van der Waals surface area contributed by atoms with E-state index in [2.05, 4.69) is 51.8 Å². The van der Waals surface area contributed by atoms with Crippen LogP contribution >= 0.6 is 0 Å². The molecule has 0 amide bonds. The van der Waals surface area contributed by atoms with E-state index in [9.17, 15) is 0 Å². The summed E-state index contributed by atoms with van der Waals surface area (Å²) in [5.41, 5.74) is 4.35. The van der Waals surface area contributed by atoms with Gasteiger partial charge in [-0.15, -0.1) is 0 Å². The third kappa shape index (κ3) is 5.04. The first kappa shape index (κ1) is 17.9. The van der Waals surface area contributed by atoms with Gasteiger partial charge in [-0.3, -0.25) is 0 Å². The SMILES string of the molecule is Cc1cccc(CNc2cc(-c3ccccc3)nc(NCCCO)n2)c1. The molecular formula is C21H24N4O. The normalized spacial score (nSPS) is 10.5. The van der Waals surface area contributed by atoms with Crippen molar-refractivity contribution in [3.63, 3.8) is 0 Å². The molecule has 0 radical (unpaired) electrons. The second-order valence-corrected chi connectivity index (χ2v) is 6.17. The average molecular weight is 348 g/mol. The lowest BCUT2D eigenvalue weighted by atomic mass is 10.1. The Kier molecular flexibility index (Phi) is 6.17. The molecule has 5 heteroatoms. The molecule has 1 aromatic heterocycles. The first-order valence-electron chi connectivity index (χ1n) is 8.83. The Balaban J connectivity index is 1.81. The van der Waals surface area contributed by atoms with E-state index < -0.39 is 0 Å². The Hall–Kier alpha value is -2.92. The second kappa shape index (κ2) is 8.97. The number of anilines is 2. The van der Waals surface area contributed by atoms with Gasteiger partial charge in [0.15, 0.2) is 0 Å². The van der Waals surface area contributed by atoms with Gasteiger partial charge in [0.2, 0.25) is 5.95 Å². The molecule has 0 saturated heterocycles. The molecule has 26 heavy (non-hydrogen) atoms. The number of hydrogen-bond donors (Lipinski definition) is 3. The summed E-state index contributed by atoms with van der Waals surface area (Å²) in [5.74, 6) is 1.33. The van der Waals surface area contributed by atoms with Gasteiger partial charge in [0.25, 0.3) is 0 Å². The zero-order chi connectivity index (χ0) is 18.2. The average Bonchev–Trinajstić information content (AvgIpc) is 2.67. The van der Waals surface area contributed by atoms with Crippen LogP contribution in [0.25, 0.3) is 11.3 Å². The summed E-state index contributed by atoms with van der Waals surface area (Å²) in [7, 11) is 0. The van der Waals surface area contributed by atoms with Gasteiger partial charge < -0.3 is 15.7 Å². The first-order chi connectivity index (χ1) is 12.7. The van der Waals surface area contributed by atoms with Crippen molar-refractivity contribution in [2.75, 3.05) is 23.8 Å². The number of nitrogens with zero attached hydrogens (tertiary/aromatic N) is 2. The summed E-state index contributed by atoms with van der Waals surface area (Å²) in [4.78, 5) is 9.15. The maximum Gasteiger partial charge on any atom is 0.225 e. The molecule has 2 aromatic carbocycles. The van der Waals surface area contributed by atoms with Crippen LogP contribution in [0.5, 0.6) is 0 Å². The maximum absolute atomic E-state index is 8.97. The van der Waals surface area contributed by atoms with Crippen LogP contribution in [0, 0.1) is 6.92 Å². The lowest BCUT2D eigenvalue weighted by Crippen LogP contribution is -2.10. The van der Waals surface area contributed by atoms with Crippen molar-refractivity contribution in [1.82, 2.24) is 9.97 Å². The van der Waals surface area contributed by atoms with Crippen LogP contribution in [0.1, 0.15) is 17.5 Å². The Labute approximate surface area is 154 Å². The summed E-state index contributed by atoms with van der Waals surface area (Å²) in [6.07, 6.45) is 0.658. The van der Waals surface area contributed by atoms with Crippen LogP contribution < -0.4 is 10.6 Å². The summed E-state index contributed by atoms with van der Waals surface area (Å²) in [6.45, 7) is 3.56. The zero-order valence-electron chi connectivity index (χ0n) is 14.9. The summed E-state index contributed by atoms with van der Waals surface area (Å²) in [6, 6.07) is 20.4. The predicted octanol–water partition coefficient (Wildman–Crippen LogP) is 3.86. The van der Waals surface area contributed by atoms with E-state index in [0.29, 0.717) is 25.5 Å². The zero-order valence-corrected chi connectivity index (χ0v) is 14.9. The van der Waals surface area contributed by atoms with E-state index in [-0.39, 0.29) is 6.61 Å². The van der Waals surface area contributed by atoms with Crippen LogP contribution in [0.2, 0.25) is 0 Å². The maximum atomic E-state index is 8.97. The number of aliphatic hydroxyl groups excluding tert-OH is 1. The highest BCUT2D eigenvalue weighted by molar-refractivity contribution is 5.64. The lowest BCUT2D eigenvalue weighted by molar-refractivity contribution is 0.292. The van der Waals surface area contributed by atoms with Gasteiger partial charge in [-0.2, -0.15) is 4.98 Å². The number of nitrogens with one attached hydrogen (secondary N) is 2. The first-order valence-corrected chi connectivity index (χ1v) is 8.83. The fourth-order valence-electron chi connectivity index (χ4n) is 2.67. The number of rotatable bonds is 8. The molecule has 1 heterocycles. The Morgan fingerprint density at radius 3 is 2.54 bits per heavy atom. The fraction of sp³-hybridized carbons (Fsp3) is 0.238. The van der Waals surface area contributed by atoms with Crippen LogP contribution in [0.4, 0.5) is 11.8 Å². The van der Waals surface area contributed by atoms with Crippen molar-refractivity contribution in [3.8, 4) is 11.3 Å². The lowest BCUT2D eigenvalue weighted by Gasteiger charge is -2.12. The quantitative estimate of drug-likeness (QED) is 0.539. The van der Waals surface area contributed by atoms with Gasteiger partial charge in [0, 0.05) is 31.3 Å². The number of benzene rings is 2. The molecule has 0 aliphatic heterocycles. The summed E-state index contributed by atoms with van der Waals surface area (Å²) >= 11 is 0. The Morgan fingerprint density at radius 2 is 1.77 bits per heavy atom. The molecule has 5 nitrogen and oxygen atoms in total. The van der Waals surface area contributed by atoms with Crippen molar-refractivity contribution < 1.29 is 5.11 Å². The highest BCUT2D eigenvalue weighted by atomic mass is 16.3. The van der Waals surface area contributed by atoms with Crippen LogP contribution in [-0.4, -0.2) is 28.2 Å². The van der Waals surface area contributed by atoms with E-state index in [1.165, 1.54) is 11.1 Å². The standard InChI is InChI=1S/C21H24N4O/c1-16-7-5-8-17(13-16)15-23-20-14-19(18-9-3-2-4-10-18)24-21(25-20)22-11-6-12-26/h2-5,7-10,13-14,26H,6,11-12,15H2,1H3,(H2,22,23,24,25). The number of hydrogen-bond acceptors (Lipinski definition) is 5. The molecule has 3 aromatic rings. The number of aromatic nitrogens is 2. The van der Waals surface area contributed by atoms with Crippen molar-refractivity contribution >= 4 is 11.8 Å². The molecule has 0 spiro atoms. The van der Waals surface area contributed by atoms with Gasteiger partial charge in [0.1, 0.15) is 5.82 Å². The molecule has 134 valence electrons. The van der Waals surface area contributed by atoms with E-state index in [1.807, 2.05) is 36.4 Å².